The van der Waals surface area contributed by atoms with E-state index in [0.717, 1.165) is 25.6 Å². The van der Waals surface area contributed by atoms with Crippen LogP contribution >= 0.6 is 0 Å². The zero-order valence-electron chi connectivity index (χ0n) is 13.4. The van der Waals surface area contributed by atoms with E-state index < -0.39 is 5.54 Å². The summed E-state index contributed by atoms with van der Waals surface area (Å²) in [6.45, 7) is 13.5. The summed E-state index contributed by atoms with van der Waals surface area (Å²) >= 11 is 0. The van der Waals surface area contributed by atoms with E-state index in [1.807, 2.05) is 0 Å². The van der Waals surface area contributed by atoms with Gasteiger partial charge in [-0.05, 0) is 32.7 Å². The summed E-state index contributed by atoms with van der Waals surface area (Å²) < 4.78 is 5.01. The quantitative estimate of drug-likeness (QED) is 0.621. The highest BCUT2D eigenvalue weighted by Crippen LogP contribution is 2.13. The number of hydrogen-bond donors (Lipinski definition) is 1. The number of carbonyl (C=O) groups is 1. The summed E-state index contributed by atoms with van der Waals surface area (Å²) in [5.41, 5.74) is 5.17. The molecule has 1 unspecified atom stereocenters. The largest absolute Gasteiger partial charge is 0.465 e. The Hall–Kier alpha value is -0.610. The van der Waals surface area contributed by atoms with Crippen LogP contribution in [0.15, 0.2) is 0 Å². The first kappa shape index (κ1) is 18.4. The molecule has 0 aromatic rings. The third-order valence-corrected chi connectivity index (χ3v) is 3.81. The maximum Gasteiger partial charge on any atom is 0.325 e. The Kier molecular flexibility index (Phi) is 9.02. The van der Waals surface area contributed by atoms with Crippen molar-refractivity contribution in [2.75, 3.05) is 26.2 Å². The van der Waals surface area contributed by atoms with Gasteiger partial charge in [-0.25, -0.2) is 0 Å². The molecule has 1 atom stereocenters. The molecule has 0 saturated carbocycles. The SMILES string of the molecule is CCOC(=O)C(C)(N)CCN(CC)CC(CC)CC. The molecule has 0 aliphatic rings. The molecule has 0 spiro atoms. The average molecular weight is 272 g/mol. The number of nitrogens with two attached hydrogens (primary N) is 1. The molecule has 4 nitrogen and oxygen atoms in total. The third kappa shape index (κ3) is 6.92. The van der Waals surface area contributed by atoms with Crippen LogP contribution in [0.3, 0.4) is 0 Å². The van der Waals surface area contributed by atoms with Gasteiger partial charge in [0.25, 0.3) is 0 Å². The first-order chi connectivity index (χ1) is 8.91. The van der Waals surface area contributed by atoms with Crippen LogP contribution in [0.4, 0.5) is 0 Å². The van der Waals surface area contributed by atoms with Gasteiger partial charge in [-0.15, -0.1) is 0 Å². The molecule has 0 radical (unpaired) electrons. The van der Waals surface area contributed by atoms with E-state index in [0.29, 0.717) is 13.0 Å². The van der Waals surface area contributed by atoms with Gasteiger partial charge in [-0.1, -0.05) is 33.6 Å². The fraction of sp³-hybridized carbons (Fsp3) is 0.933. The lowest BCUT2D eigenvalue weighted by Gasteiger charge is -2.29. The number of rotatable bonds is 10. The summed E-state index contributed by atoms with van der Waals surface area (Å²) in [5, 5.41) is 0. The second-order valence-corrected chi connectivity index (χ2v) is 5.46. The Morgan fingerprint density at radius 1 is 1.26 bits per heavy atom. The van der Waals surface area contributed by atoms with Crippen molar-refractivity contribution in [1.29, 1.82) is 0 Å². The summed E-state index contributed by atoms with van der Waals surface area (Å²) in [7, 11) is 0. The Labute approximate surface area is 118 Å². The molecular formula is C15H32N2O2. The van der Waals surface area contributed by atoms with E-state index in [1.165, 1.54) is 12.8 Å². The predicted molar refractivity (Wildman–Crippen MR) is 80.0 cm³/mol. The molecule has 0 heterocycles. The van der Waals surface area contributed by atoms with Crippen LogP contribution in [0.1, 0.15) is 53.9 Å². The summed E-state index contributed by atoms with van der Waals surface area (Å²) in [6, 6.07) is 0. The van der Waals surface area contributed by atoms with Gasteiger partial charge in [-0.2, -0.15) is 0 Å². The van der Waals surface area contributed by atoms with Crippen molar-refractivity contribution in [3.05, 3.63) is 0 Å². The minimum absolute atomic E-state index is 0.298. The topological polar surface area (TPSA) is 55.6 Å². The smallest absolute Gasteiger partial charge is 0.325 e. The lowest BCUT2D eigenvalue weighted by molar-refractivity contribution is -0.149. The molecular weight excluding hydrogens is 240 g/mol. The van der Waals surface area contributed by atoms with Gasteiger partial charge in [-0.3, -0.25) is 4.79 Å². The minimum Gasteiger partial charge on any atom is -0.465 e. The van der Waals surface area contributed by atoms with E-state index in [-0.39, 0.29) is 5.97 Å². The normalized spacial score (nSPS) is 14.7. The fourth-order valence-corrected chi connectivity index (χ4v) is 2.08. The van der Waals surface area contributed by atoms with Crippen molar-refractivity contribution in [1.82, 2.24) is 4.90 Å². The van der Waals surface area contributed by atoms with E-state index in [1.54, 1.807) is 13.8 Å². The van der Waals surface area contributed by atoms with Crippen molar-refractivity contribution in [3.63, 3.8) is 0 Å². The Morgan fingerprint density at radius 3 is 2.26 bits per heavy atom. The number of ether oxygens (including phenoxy) is 1. The van der Waals surface area contributed by atoms with E-state index >= 15 is 0 Å². The molecule has 19 heavy (non-hydrogen) atoms. The molecule has 4 heteroatoms. The molecule has 0 aromatic carbocycles. The first-order valence-corrected chi connectivity index (χ1v) is 7.59. The predicted octanol–water partition coefficient (Wildman–Crippen LogP) is 2.42. The number of carbonyl (C=O) groups excluding carboxylic acids is 1. The van der Waals surface area contributed by atoms with Gasteiger partial charge in [0, 0.05) is 13.1 Å². The monoisotopic (exact) mass is 272 g/mol. The van der Waals surface area contributed by atoms with Crippen LogP contribution in [0.5, 0.6) is 0 Å². The molecule has 114 valence electrons. The standard InChI is InChI=1S/C15H32N2O2/c1-6-13(7-2)12-17(8-3)11-10-15(5,16)14(18)19-9-4/h13H,6-12,16H2,1-5H3. The number of hydrogen-bond acceptors (Lipinski definition) is 4. The van der Waals surface area contributed by atoms with Crippen molar-refractivity contribution in [2.45, 2.75) is 59.4 Å². The molecule has 0 saturated heterocycles. The van der Waals surface area contributed by atoms with Crippen molar-refractivity contribution in [2.24, 2.45) is 11.7 Å². The van der Waals surface area contributed by atoms with Crippen LogP contribution in [-0.4, -0.2) is 42.6 Å². The zero-order valence-corrected chi connectivity index (χ0v) is 13.4. The first-order valence-electron chi connectivity index (χ1n) is 7.59. The highest BCUT2D eigenvalue weighted by molar-refractivity contribution is 5.79. The minimum atomic E-state index is -0.878. The van der Waals surface area contributed by atoms with Gasteiger partial charge < -0.3 is 15.4 Å². The molecule has 0 aromatic heterocycles. The van der Waals surface area contributed by atoms with Gasteiger partial charge >= 0.3 is 5.97 Å². The zero-order chi connectivity index (χ0) is 14.9. The summed E-state index contributed by atoms with van der Waals surface area (Å²) in [6.07, 6.45) is 3.04. The molecule has 0 fully saturated rings. The van der Waals surface area contributed by atoms with Crippen molar-refractivity contribution < 1.29 is 9.53 Å². The second kappa shape index (κ2) is 9.32. The highest BCUT2D eigenvalue weighted by Gasteiger charge is 2.30. The van der Waals surface area contributed by atoms with Crippen LogP contribution < -0.4 is 5.73 Å². The van der Waals surface area contributed by atoms with E-state index in [4.69, 9.17) is 10.5 Å². The molecule has 0 aliphatic heterocycles. The molecule has 0 aliphatic carbocycles. The highest BCUT2D eigenvalue weighted by atomic mass is 16.5. The van der Waals surface area contributed by atoms with Crippen molar-refractivity contribution >= 4 is 5.97 Å². The Bertz CT molecular complexity index is 251. The van der Waals surface area contributed by atoms with E-state index in [9.17, 15) is 4.79 Å². The van der Waals surface area contributed by atoms with Gasteiger partial charge in [0.05, 0.1) is 6.61 Å². The molecule has 2 N–H and O–H groups in total. The van der Waals surface area contributed by atoms with Crippen molar-refractivity contribution in [3.8, 4) is 0 Å². The van der Waals surface area contributed by atoms with E-state index in [2.05, 4.69) is 25.7 Å². The lowest BCUT2D eigenvalue weighted by atomic mass is 9.98. The van der Waals surface area contributed by atoms with Gasteiger partial charge in [0.15, 0.2) is 0 Å². The number of nitrogens with zero attached hydrogens (tertiary/aromatic N) is 1. The molecule has 0 amide bonds. The maximum atomic E-state index is 11.7. The maximum absolute atomic E-state index is 11.7. The van der Waals surface area contributed by atoms with Crippen LogP contribution in [0.2, 0.25) is 0 Å². The molecule has 0 bridgehead atoms. The van der Waals surface area contributed by atoms with Gasteiger partial charge in [0.1, 0.15) is 5.54 Å². The number of esters is 1. The Morgan fingerprint density at radius 2 is 1.84 bits per heavy atom. The fourth-order valence-electron chi connectivity index (χ4n) is 2.08. The Balaban J connectivity index is 4.29. The molecule has 0 rings (SSSR count). The second-order valence-electron chi connectivity index (χ2n) is 5.46. The summed E-state index contributed by atoms with van der Waals surface area (Å²) in [4.78, 5) is 14.1. The van der Waals surface area contributed by atoms with Gasteiger partial charge in [0.2, 0.25) is 0 Å². The lowest BCUT2D eigenvalue weighted by Crippen LogP contribution is -2.48. The van der Waals surface area contributed by atoms with Crippen LogP contribution in [-0.2, 0) is 9.53 Å². The average Bonchev–Trinajstić information content (AvgIpc) is 2.39. The third-order valence-electron chi connectivity index (χ3n) is 3.81. The van der Waals surface area contributed by atoms with Crippen LogP contribution in [0.25, 0.3) is 0 Å². The summed E-state index contributed by atoms with van der Waals surface area (Å²) in [5.74, 6) is 0.431. The van der Waals surface area contributed by atoms with Crippen LogP contribution in [0, 0.1) is 5.92 Å².